The molecule has 3 rings (SSSR count). The van der Waals surface area contributed by atoms with E-state index in [0.29, 0.717) is 28.6 Å². The number of hydrogen-bond acceptors (Lipinski definition) is 3. The van der Waals surface area contributed by atoms with Gasteiger partial charge in [0.05, 0.1) is 17.6 Å². The van der Waals surface area contributed by atoms with Crippen molar-refractivity contribution in [1.82, 2.24) is 0 Å². The number of hydrogen-bond donors (Lipinski definition) is 1. The lowest BCUT2D eigenvalue weighted by atomic mass is 9.68. The highest BCUT2D eigenvalue weighted by atomic mass is 35.5. The molecule has 1 fully saturated rings. The summed E-state index contributed by atoms with van der Waals surface area (Å²) < 4.78 is 5.70. The van der Waals surface area contributed by atoms with Crippen LogP contribution in [0, 0.1) is 11.3 Å². The van der Waals surface area contributed by atoms with Gasteiger partial charge in [0, 0.05) is 10.7 Å². The molecule has 1 N–H and O–H groups in total. The number of ether oxygens (including phenoxy) is 1. The molecule has 1 aliphatic rings. The summed E-state index contributed by atoms with van der Waals surface area (Å²) in [7, 11) is 0. The summed E-state index contributed by atoms with van der Waals surface area (Å²) in [6.45, 7) is 2.67. The molecule has 0 aromatic heterocycles. The highest BCUT2D eigenvalue weighted by molar-refractivity contribution is 6.30. The van der Waals surface area contributed by atoms with E-state index < -0.39 is 5.41 Å². The van der Waals surface area contributed by atoms with Crippen LogP contribution < -0.4 is 10.1 Å². The Morgan fingerprint density at radius 3 is 2.55 bits per heavy atom. The molecular formula is C24H27ClN2O2. The van der Waals surface area contributed by atoms with Gasteiger partial charge in [0.15, 0.2) is 0 Å². The molecule has 2 aromatic rings. The van der Waals surface area contributed by atoms with Crippen molar-refractivity contribution in [2.75, 3.05) is 11.9 Å². The van der Waals surface area contributed by atoms with Crippen LogP contribution in [-0.4, -0.2) is 12.5 Å². The van der Waals surface area contributed by atoms with Crippen LogP contribution in [-0.2, 0) is 10.2 Å². The molecule has 0 unspecified atom stereocenters. The number of halogens is 1. The number of rotatable bonds is 7. The average molecular weight is 411 g/mol. The largest absolute Gasteiger partial charge is 0.492 e. The topological polar surface area (TPSA) is 62.1 Å². The molecule has 1 saturated carbocycles. The van der Waals surface area contributed by atoms with E-state index in [0.717, 1.165) is 50.5 Å². The molecule has 0 atom stereocenters. The normalized spacial score (nSPS) is 15.3. The monoisotopic (exact) mass is 410 g/mol. The SMILES string of the molecule is CCCCOc1ccc(NC(=O)C2(c3ccc(Cl)cc3)CCCCC2)cc1C#N. The van der Waals surface area contributed by atoms with Crippen LogP contribution in [0.4, 0.5) is 5.69 Å². The maximum atomic E-state index is 13.4. The van der Waals surface area contributed by atoms with Gasteiger partial charge in [-0.1, -0.05) is 56.3 Å². The van der Waals surface area contributed by atoms with Gasteiger partial charge in [-0.25, -0.2) is 0 Å². The van der Waals surface area contributed by atoms with Crippen molar-refractivity contribution in [3.8, 4) is 11.8 Å². The molecule has 0 heterocycles. The maximum Gasteiger partial charge on any atom is 0.235 e. The summed E-state index contributed by atoms with van der Waals surface area (Å²) >= 11 is 6.06. The van der Waals surface area contributed by atoms with Crippen LogP contribution >= 0.6 is 11.6 Å². The number of carbonyl (C=O) groups is 1. The van der Waals surface area contributed by atoms with Gasteiger partial charge in [-0.15, -0.1) is 0 Å². The van der Waals surface area contributed by atoms with Crippen molar-refractivity contribution in [2.45, 2.75) is 57.3 Å². The van der Waals surface area contributed by atoms with E-state index in [1.54, 1.807) is 18.2 Å². The number of nitrogens with zero attached hydrogens (tertiary/aromatic N) is 1. The van der Waals surface area contributed by atoms with Crippen molar-refractivity contribution in [1.29, 1.82) is 5.26 Å². The quantitative estimate of drug-likeness (QED) is 0.550. The zero-order valence-electron chi connectivity index (χ0n) is 16.8. The first-order valence-electron chi connectivity index (χ1n) is 10.3. The lowest BCUT2D eigenvalue weighted by molar-refractivity contribution is -0.122. The van der Waals surface area contributed by atoms with Gasteiger partial charge in [-0.3, -0.25) is 4.79 Å². The van der Waals surface area contributed by atoms with Gasteiger partial charge in [0.2, 0.25) is 5.91 Å². The van der Waals surface area contributed by atoms with Crippen LogP contribution in [0.5, 0.6) is 5.75 Å². The van der Waals surface area contributed by atoms with Gasteiger partial charge < -0.3 is 10.1 Å². The van der Waals surface area contributed by atoms with Gasteiger partial charge >= 0.3 is 0 Å². The Morgan fingerprint density at radius 1 is 1.17 bits per heavy atom. The van der Waals surface area contributed by atoms with E-state index in [-0.39, 0.29) is 5.91 Å². The van der Waals surface area contributed by atoms with Crippen LogP contribution in [0.25, 0.3) is 0 Å². The fourth-order valence-corrected chi connectivity index (χ4v) is 4.10. The number of carbonyl (C=O) groups excluding carboxylic acids is 1. The third kappa shape index (κ3) is 4.92. The zero-order valence-corrected chi connectivity index (χ0v) is 17.6. The summed E-state index contributed by atoms with van der Waals surface area (Å²) in [5.41, 5.74) is 1.49. The molecule has 0 spiro atoms. The number of amides is 1. The zero-order chi connectivity index (χ0) is 20.7. The Bertz CT molecular complexity index is 881. The van der Waals surface area contributed by atoms with E-state index in [9.17, 15) is 10.1 Å². The first kappa shape index (κ1) is 21.2. The molecule has 1 aliphatic carbocycles. The summed E-state index contributed by atoms with van der Waals surface area (Å²) in [6.07, 6.45) is 6.77. The second-order valence-electron chi connectivity index (χ2n) is 7.63. The van der Waals surface area contributed by atoms with Crippen molar-refractivity contribution in [2.24, 2.45) is 0 Å². The van der Waals surface area contributed by atoms with Gasteiger partial charge in [0.1, 0.15) is 11.8 Å². The molecule has 4 nitrogen and oxygen atoms in total. The number of benzene rings is 2. The second kappa shape index (κ2) is 9.80. The van der Waals surface area contributed by atoms with Crippen molar-refractivity contribution < 1.29 is 9.53 Å². The first-order valence-corrected chi connectivity index (χ1v) is 10.7. The highest BCUT2D eigenvalue weighted by Crippen LogP contribution is 2.41. The van der Waals surface area contributed by atoms with E-state index in [4.69, 9.17) is 16.3 Å². The van der Waals surface area contributed by atoms with Crippen molar-refractivity contribution >= 4 is 23.2 Å². The van der Waals surface area contributed by atoms with Crippen LogP contribution in [0.3, 0.4) is 0 Å². The fourth-order valence-electron chi connectivity index (χ4n) is 3.97. The fraction of sp³-hybridized carbons (Fsp3) is 0.417. The Hall–Kier alpha value is -2.51. The lowest BCUT2D eigenvalue weighted by Gasteiger charge is -2.36. The molecular weight excluding hydrogens is 384 g/mol. The molecule has 0 bridgehead atoms. The van der Waals surface area contributed by atoms with E-state index >= 15 is 0 Å². The summed E-state index contributed by atoms with van der Waals surface area (Å²) in [5, 5.41) is 13.2. The van der Waals surface area contributed by atoms with Crippen molar-refractivity contribution in [3.05, 3.63) is 58.6 Å². The smallest absolute Gasteiger partial charge is 0.235 e. The molecule has 5 heteroatoms. The number of nitrogens with one attached hydrogen (secondary N) is 1. The first-order chi connectivity index (χ1) is 14.1. The Morgan fingerprint density at radius 2 is 1.90 bits per heavy atom. The van der Waals surface area contributed by atoms with Crippen LogP contribution in [0.15, 0.2) is 42.5 Å². The average Bonchev–Trinajstić information content (AvgIpc) is 2.75. The minimum absolute atomic E-state index is 0.0249. The Kier molecular flexibility index (Phi) is 7.17. The summed E-state index contributed by atoms with van der Waals surface area (Å²) in [5.74, 6) is 0.534. The minimum atomic E-state index is -0.564. The predicted molar refractivity (Wildman–Crippen MR) is 116 cm³/mol. The van der Waals surface area contributed by atoms with E-state index in [1.165, 1.54) is 0 Å². The van der Waals surface area contributed by atoms with Crippen LogP contribution in [0.2, 0.25) is 5.02 Å². The molecule has 29 heavy (non-hydrogen) atoms. The van der Waals surface area contributed by atoms with Crippen molar-refractivity contribution in [3.63, 3.8) is 0 Å². The van der Waals surface area contributed by atoms with Crippen LogP contribution in [0.1, 0.15) is 63.0 Å². The molecule has 2 aromatic carbocycles. The third-order valence-electron chi connectivity index (χ3n) is 5.65. The Labute approximate surface area is 177 Å². The lowest BCUT2D eigenvalue weighted by Crippen LogP contribution is -2.42. The molecule has 1 amide bonds. The van der Waals surface area contributed by atoms with Gasteiger partial charge in [-0.05, 0) is 55.2 Å². The standard InChI is InChI=1S/C24H27ClN2O2/c1-2-3-15-29-22-12-11-21(16-18(22)17-26)27-23(28)24(13-5-4-6-14-24)19-7-9-20(25)10-8-19/h7-12,16H,2-6,13-15H2,1H3,(H,27,28). The number of nitriles is 1. The second-order valence-corrected chi connectivity index (χ2v) is 8.06. The molecule has 0 saturated heterocycles. The molecule has 0 aliphatic heterocycles. The van der Waals surface area contributed by atoms with E-state index in [2.05, 4.69) is 18.3 Å². The minimum Gasteiger partial charge on any atom is -0.492 e. The van der Waals surface area contributed by atoms with Gasteiger partial charge in [-0.2, -0.15) is 5.26 Å². The maximum absolute atomic E-state index is 13.4. The summed E-state index contributed by atoms with van der Waals surface area (Å²) in [6, 6.07) is 15.0. The third-order valence-corrected chi connectivity index (χ3v) is 5.90. The molecule has 0 radical (unpaired) electrons. The number of anilines is 1. The summed E-state index contributed by atoms with van der Waals surface area (Å²) in [4.78, 5) is 13.4. The number of unbranched alkanes of at least 4 members (excludes halogenated alkanes) is 1. The predicted octanol–water partition coefficient (Wildman–Crippen LogP) is 6.23. The van der Waals surface area contributed by atoms with Gasteiger partial charge in [0.25, 0.3) is 0 Å². The molecule has 152 valence electrons. The Balaban J connectivity index is 1.83. The highest BCUT2D eigenvalue weighted by Gasteiger charge is 2.41. The van der Waals surface area contributed by atoms with E-state index in [1.807, 2.05) is 24.3 Å².